The van der Waals surface area contributed by atoms with Gasteiger partial charge in [-0.2, -0.15) is 0 Å². The third-order valence-corrected chi connectivity index (χ3v) is 3.06. The van der Waals surface area contributed by atoms with Crippen molar-refractivity contribution in [2.75, 3.05) is 38.2 Å². The molecule has 0 aliphatic rings. The number of nitrogens with two attached hydrogens (primary N) is 1. The summed E-state index contributed by atoms with van der Waals surface area (Å²) in [5, 5.41) is 5.37. The summed E-state index contributed by atoms with van der Waals surface area (Å²) >= 11 is 0. The van der Waals surface area contributed by atoms with Gasteiger partial charge in [-0.15, -0.1) is 0 Å². The molecule has 1 aromatic rings. The summed E-state index contributed by atoms with van der Waals surface area (Å²) in [6.45, 7) is 2.62. The second kappa shape index (κ2) is 7.49. The molecule has 0 spiro atoms. The zero-order valence-electron chi connectivity index (χ0n) is 12.2. The van der Waals surface area contributed by atoms with Gasteiger partial charge in [0.05, 0.1) is 6.54 Å². The lowest BCUT2D eigenvalue weighted by molar-refractivity contribution is -0.122. The highest BCUT2D eigenvalue weighted by Crippen LogP contribution is 2.20. The van der Waals surface area contributed by atoms with Crippen LogP contribution in [-0.2, 0) is 9.59 Å². The molecule has 0 aromatic heterocycles. The van der Waals surface area contributed by atoms with Crippen LogP contribution in [0, 0.1) is 6.92 Å². The van der Waals surface area contributed by atoms with Gasteiger partial charge in [-0.25, -0.2) is 0 Å². The number of nitrogens with zero attached hydrogens (tertiary/aromatic N) is 1. The fourth-order valence-corrected chi connectivity index (χ4v) is 1.72. The molecule has 1 aromatic carbocycles. The Labute approximate surface area is 119 Å². The van der Waals surface area contributed by atoms with Gasteiger partial charge in [-0.3, -0.25) is 14.5 Å². The van der Waals surface area contributed by atoms with Crippen LogP contribution in [0.1, 0.15) is 12.0 Å². The van der Waals surface area contributed by atoms with Crippen LogP contribution in [0.15, 0.2) is 18.2 Å². The number of rotatable bonds is 6. The van der Waals surface area contributed by atoms with Gasteiger partial charge in [0, 0.05) is 31.4 Å². The second-order valence-electron chi connectivity index (χ2n) is 4.73. The summed E-state index contributed by atoms with van der Waals surface area (Å²) < 4.78 is 0. The smallest absolute Gasteiger partial charge is 0.238 e. The predicted molar refractivity (Wildman–Crippen MR) is 80.4 cm³/mol. The molecule has 110 valence electrons. The van der Waals surface area contributed by atoms with Gasteiger partial charge in [0.15, 0.2) is 0 Å². The van der Waals surface area contributed by atoms with Crippen molar-refractivity contribution < 1.29 is 9.59 Å². The molecule has 0 saturated heterocycles. The molecule has 2 amide bonds. The number of nitrogens with one attached hydrogen (secondary N) is 2. The molecule has 0 aliphatic carbocycles. The van der Waals surface area contributed by atoms with Crippen LogP contribution in [-0.4, -0.2) is 43.9 Å². The first-order valence-electron chi connectivity index (χ1n) is 6.48. The van der Waals surface area contributed by atoms with E-state index in [2.05, 4.69) is 10.6 Å². The number of likely N-dealkylation sites (N-methyl/N-ethyl adjacent to an activating group) is 1. The third kappa shape index (κ3) is 4.89. The third-order valence-electron chi connectivity index (χ3n) is 3.06. The summed E-state index contributed by atoms with van der Waals surface area (Å²) in [4.78, 5) is 24.8. The number of hydrogen-bond donors (Lipinski definition) is 3. The monoisotopic (exact) mass is 278 g/mol. The molecule has 6 heteroatoms. The van der Waals surface area contributed by atoms with Crippen LogP contribution in [0.4, 0.5) is 11.4 Å². The predicted octanol–water partition coefficient (Wildman–Crippen LogP) is 0.584. The van der Waals surface area contributed by atoms with E-state index in [1.807, 2.05) is 13.0 Å². The SMILES string of the molecule is CNC(=O)CCN(C)CC(=O)Nc1cccc(N)c1C. The Balaban J connectivity index is 2.47. The standard InChI is InChI=1S/C14H22N4O2/c1-10-11(15)5-4-6-12(10)17-14(20)9-18(3)8-7-13(19)16-2/h4-6H,7-9,15H2,1-3H3,(H,16,19)(H,17,20). The van der Waals surface area contributed by atoms with Crippen LogP contribution < -0.4 is 16.4 Å². The Morgan fingerprint density at radius 1 is 1.30 bits per heavy atom. The van der Waals surface area contributed by atoms with E-state index in [9.17, 15) is 9.59 Å². The van der Waals surface area contributed by atoms with Gasteiger partial charge in [0.1, 0.15) is 0 Å². The average molecular weight is 278 g/mol. The molecule has 20 heavy (non-hydrogen) atoms. The highest BCUT2D eigenvalue weighted by atomic mass is 16.2. The van der Waals surface area contributed by atoms with Crippen molar-refractivity contribution in [3.8, 4) is 0 Å². The van der Waals surface area contributed by atoms with E-state index < -0.39 is 0 Å². The van der Waals surface area contributed by atoms with Gasteiger partial charge < -0.3 is 16.4 Å². The van der Waals surface area contributed by atoms with E-state index in [1.165, 1.54) is 0 Å². The first kappa shape index (κ1) is 16.0. The normalized spacial score (nSPS) is 10.4. The van der Waals surface area contributed by atoms with E-state index in [0.717, 1.165) is 11.3 Å². The number of anilines is 2. The molecule has 4 N–H and O–H groups in total. The highest BCUT2D eigenvalue weighted by molar-refractivity contribution is 5.93. The first-order chi connectivity index (χ1) is 9.43. The lowest BCUT2D eigenvalue weighted by Gasteiger charge is -2.16. The Morgan fingerprint density at radius 3 is 2.65 bits per heavy atom. The molecule has 0 heterocycles. The highest BCUT2D eigenvalue weighted by Gasteiger charge is 2.10. The zero-order chi connectivity index (χ0) is 15.1. The number of amides is 2. The summed E-state index contributed by atoms with van der Waals surface area (Å²) in [6, 6.07) is 5.40. The van der Waals surface area contributed by atoms with E-state index in [1.54, 1.807) is 31.1 Å². The topological polar surface area (TPSA) is 87.5 Å². The molecule has 0 radical (unpaired) electrons. The number of nitrogen functional groups attached to an aromatic ring is 1. The van der Waals surface area contributed by atoms with Crippen LogP contribution in [0.2, 0.25) is 0 Å². The van der Waals surface area contributed by atoms with Crippen LogP contribution in [0.3, 0.4) is 0 Å². The minimum absolute atomic E-state index is 0.0380. The van der Waals surface area contributed by atoms with E-state index in [4.69, 9.17) is 5.73 Å². The molecular weight excluding hydrogens is 256 g/mol. The zero-order valence-corrected chi connectivity index (χ0v) is 12.2. The summed E-state index contributed by atoms with van der Waals surface area (Å²) in [5.74, 6) is -0.165. The Bertz CT molecular complexity index is 488. The second-order valence-corrected chi connectivity index (χ2v) is 4.73. The largest absolute Gasteiger partial charge is 0.398 e. The van der Waals surface area contributed by atoms with Crippen molar-refractivity contribution in [2.45, 2.75) is 13.3 Å². The van der Waals surface area contributed by atoms with E-state index in [0.29, 0.717) is 18.7 Å². The van der Waals surface area contributed by atoms with Gasteiger partial charge >= 0.3 is 0 Å². The van der Waals surface area contributed by atoms with Gasteiger partial charge in [0.2, 0.25) is 11.8 Å². The molecule has 0 atom stereocenters. The van der Waals surface area contributed by atoms with Crippen LogP contribution >= 0.6 is 0 Å². The minimum Gasteiger partial charge on any atom is -0.398 e. The fourth-order valence-electron chi connectivity index (χ4n) is 1.72. The molecule has 0 bridgehead atoms. The lowest BCUT2D eigenvalue weighted by atomic mass is 10.1. The average Bonchev–Trinajstić information content (AvgIpc) is 2.41. The number of carbonyl (C=O) groups excluding carboxylic acids is 2. The van der Waals surface area contributed by atoms with Gasteiger partial charge in [-0.05, 0) is 31.7 Å². The molecule has 1 rings (SSSR count). The van der Waals surface area contributed by atoms with Gasteiger partial charge in [0.25, 0.3) is 0 Å². The summed E-state index contributed by atoms with van der Waals surface area (Å²) in [7, 11) is 3.40. The van der Waals surface area contributed by atoms with Crippen molar-refractivity contribution in [1.82, 2.24) is 10.2 Å². The number of hydrogen-bond acceptors (Lipinski definition) is 4. The first-order valence-corrected chi connectivity index (χ1v) is 6.48. The van der Waals surface area contributed by atoms with Crippen molar-refractivity contribution in [1.29, 1.82) is 0 Å². The van der Waals surface area contributed by atoms with E-state index >= 15 is 0 Å². The van der Waals surface area contributed by atoms with E-state index in [-0.39, 0.29) is 18.4 Å². The molecule has 0 aliphatic heterocycles. The molecule has 0 saturated carbocycles. The van der Waals surface area contributed by atoms with Crippen LogP contribution in [0.25, 0.3) is 0 Å². The maximum Gasteiger partial charge on any atom is 0.238 e. The van der Waals surface area contributed by atoms with Crippen molar-refractivity contribution in [2.24, 2.45) is 0 Å². The maximum absolute atomic E-state index is 11.9. The van der Waals surface area contributed by atoms with Gasteiger partial charge in [-0.1, -0.05) is 6.07 Å². The Hall–Kier alpha value is -2.08. The van der Waals surface area contributed by atoms with Crippen molar-refractivity contribution in [3.05, 3.63) is 23.8 Å². The maximum atomic E-state index is 11.9. The number of benzene rings is 1. The Morgan fingerprint density at radius 2 is 2.00 bits per heavy atom. The summed E-state index contributed by atoms with van der Waals surface area (Å²) in [6.07, 6.45) is 0.373. The molecule has 6 nitrogen and oxygen atoms in total. The van der Waals surface area contributed by atoms with Crippen LogP contribution in [0.5, 0.6) is 0 Å². The van der Waals surface area contributed by atoms with Crippen molar-refractivity contribution in [3.63, 3.8) is 0 Å². The fraction of sp³-hybridized carbons (Fsp3) is 0.429. The Kier molecular flexibility index (Phi) is 5.99. The molecule has 0 unspecified atom stereocenters. The summed E-state index contributed by atoms with van der Waals surface area (Å²) in [5.41, 5.74) is 8.01. The molecule has 0 fully saturated rings. The number of carbonyl (C=O) groups is 2. The minimum atomic E-state index is -0.127. The molecular formula is C14H22N4O2. The van der Waals surface area contributed by atoms with Crippen molar-refractivity contribution >= 4 is 23.2 Å². The lowest BCUT2D eigenvalue weighted by Crippen LogP contribution is -2.33. The quantitative estimate of drug-likeness (QED) is 0.664.